The molecule has 2 N–H and O–H groups in total. The number of thioether (sulfide) groups is 1. The molecule has 2 rings (SSSR count). The number of nitrogens with one attached hydrogen (secondary N) is 1. The molecule has 4 nitrogen and oxygen atoms in total. The topological polar surface area (TPSA) is 62.2 Å². The molecule has 0 bridgehead atoms. The Morgan fingerprint density at radius 3 is 2.14 bits per heavy atom. The molecule has 5 heteroatoms. The van der Waals surface area contributed by atoms with Crippen LogP contribution in [0, 0.1) is 0 Å². The van der Waals surface area contributed by atoms with E-state index >= 15 is 0 Å². The molecular weight excluding hydrogens is 380 g/mol. The molecule has 29 heavy (non-hydrogen) atoms. The molecule has 1 aromatic heterocycles. The summed E-state index contributed by atoms with van der Waals surface area (Å²) in [6.07, 6.45) is 6.90. The van der Waals surface area contributed by atoms with E-state index in [2.05, 4.69) is 51.8 Å². The smallest absolute Gasteiger partial charge is 0.244 e. The number of rotatable bonds is 6. The zero-order valence-corrected chi connectivity index (χ0v) is 19.1. The van der Waals surface area contributed by atoms with Gasteiger partial charge in [-0.3, -0.25) is 9.78 Å². The number of aromatic hydroxyl groups is 1. The number of amides is 1. The molecule has 1 aromatic carbocycles. The maximum absolute atomic E-state index is 12.2. The molecule has 2 aromatic rings. The molecular formula is C24H32N2O2S. The van der Waals surface area contributed by atoms with Crippen LogP contribution in [0.15, 0.2) is 47.6 Å². The predicted molar refractivity (Wildman–Crippen MR) is 123 cm³/mol. The van der Waals surface area contributed by atoms with Gasteiger partial charge in [0.15, 0.2) is 0 Å². The van der Waals surface area contributed by atoms with Crippen LogP contribution in [-0.2, 0) is 15.6 Å². The van der Waals surface area contributed by atoms with Crippen LogP contribution in [-0.4, -0.2) is 28.3 Å². The van der Waals surface area contributed by atoms with E-state index in [9.17, 15) is 9.90 Å². The summed E-state index contributed by atoms with van der Waals surface area (Å²) in [7, 11) is 0. The molecule has 0 aliphatic heterocycles. The minimum absolute atomic E-state index is 0.122. The third-order valence-electron chi connectivity index (χ3n) is 4.50. The maximum Gasteiger partial charge on any atom is 0.244 e. The van der Waals surface area contributed by atoms with Gasteiger partial charge in [0.1, 0.15) is 5.75 Å². The molecule has 0 radical (unpaired) electrons. The lowest BCUT2D eigenvalue weighted by Gasteiger charge is -2.27. The van der Waals surface area contributed by atoms with E-state index in [1.807, 2.05) is 30.3 Å². The van der Waals surface area contributed by atoms with Gasteiger partial charge in [-0.25, -0.2) is 0 Å². The van der Waals surface area contributed by atoms with Crippen molar-refractivity contribution in [3.05, 3.63) is 59.4 Å². The number of carbonyl (C=O) groups excluding carboxylic acids is 1. The molecule has 1 heterocycles. The van der Waals surface area contributed by atoms with Gasteiger partial charge in [-0.2, -0.15) is 0 Å². The van der Waals surface area contributed by atoms with Crippen molar-refractivity contribution in [3.63, 3.8) is 0 Å². The molecule has 0 aliphatic rings. The number of phenols is 1. The van der Waals surface area contributed by atoms with Gasteiger partial charge in [0.25, 0.3) is 0 Å². The second kappa shape index (κ2) is 9.49. The first-order valence-electron chi connectivity index (χ1n) is 9.85. The van der Waals surface area contributed by atoms with Crippen LogP contribution in [0.3, 0.4) is 0 Å². The van der Waals surface area contributed by atoms with Crippen molar-refractivity contribution < 1.29 is 9.90 Å². The highest BCUT2D eigenvalue weighted by Crippen LogP contribution is 2.40. The van der Waals surface area contributed by atoms with E-state index in [0.29, 0.717) is 12.3 Å². The molecule has 0 saturated heterocycles. The summed E-state index contributed by atoms with van der Waals surface area (Å²) < 4.78 is 0. The molecule has 0 saturated carbocycles. The van der Waals surface area contributed by atoms with Gasteiger partial charge < -0.3 is 10.4 Å². The van der Waals surface area contributed by atoms with E-state index < -0.39 is 0 Å². The van der Waals surface area contributed by atoms with Crippen molar-refractivity contribution in [3.8, 4) is 5.75 Å². The number of nitrogens with zero attached hydrogens (tertiary/aromatic N) is 1. The van der Waals surface area contributed by atoms with Crippen molar-refractivity contribution in [2.75, 3.05) is 12.3 Å². The lowest BCUT2D eigenvalue weighted by molar-refractivity contribution is -0.116. The lowest BCUT2D eigenvalue weighted by atomic mass is 9.78. The van der Waals surface area contributed by atoms with Crippen molar-refractivity contribution in [1.82, 2.24) is 10.3 Å². The van der Waals surface area contributed by atoms with E-state index in [1.165, 1.54) is 0 Å². The van der Waals surface area contributed by atoms with Gasteiger partial charge in [-0.15, -0.1) is 11.8 Å². The Morgan fingerprint density at radius 1 is 1.07 bits per heavy atom. The lowest BCUT2D eigenvalue weighted by Crippen LogP contribution is -2.23. The Morgan fingerprint density at radius 2 is 1.62 bits per heavy atom. The third-order valence-corrected chi connectivity index (χ3v) is 5.51. The summed E-state index contributed by atoms with van der Waals surface area (Å²) in [5.74, 6) is 1.02. The summed E-state index contributed by atoms with van der Waals surface area (Å²) in [6.45, 7) is 13.1. The number of pyridine rings is 1. The van der Waals surface area contributed by atoms with E-state index in [1.54, 1.807) is 30.2 Å². The number of aromatic nitrogens is 1. The molecule has 0 atom stereocenters. The van der Waals surface area contributed by atoms with Gasteiger partial charge in [0.2, 0.25) is 5.91 Å². The summed E-state index contributed by atoms with van der Waals surface area (Å²) in [6, 6.07) is 7.84. The third kappa shape index (κ3) is 6.93. The molecule has 0 unspecified atom stereocenters. The minimum atomic E-state index is -0.194. The number of phenolic OH excluding ortho intramolecular Hbond substituents is 1. The van der Waals surface area contributed by atoms with Crippen LogP contribution in [0.1, 0.15) is 58.2 Å². The predicted octanol–water partition coefficient (Wildman–Crippen LogP) is 5.30. The Bertz CT molecular complexity index is 828. The van der Waals surface area contributed by atoms with Crippen LogP contribution in [0.25, 0.3) is 6.08 Å². The SMILES string of the molecule is CC(C)(C)c1cc(/C=C/C(=O)NCCSc2ccncc2)cc(C(C)(C)C)c1O. The molecule has 0 aliphatic carbocycles. The number of carbonyl (C=O) groups is 1. The summed E-state index contributed by atoms with van der Waals surface area (Å²) in [5, 5.41) is 13.7. The quantitative estimate of drug-likeness (QED) is 0.384. The zero-order chi connectivity index (χ0) is 21.7. The Labute approximate surface area is 178 Å². The van der Waals surface area contributed by atoms with Crippen molar-refractivity contribution >= 4 is 23.7 Å². The van der Waals surface area contributed by atoms with Gasteiger partial charge in [-0.1, -0.05) is 41.5 Å². The molecule has 0 fully saturated rings. The van der Waals surface area contributed by atoms with Crippen molar-refractivity contribution in [2.24, 2.45) is 0 Å². The van der Waals surface area contributed by atoms with Crippen molar-refractivity contribution in [2.45, 2.75) is 57.3 Å². The maximum atomic E-state index is 12.2. The van der Waals surface area contributed by atoms with Gasteiger partial charge in [-0.05, 0) is 46.7 Å². The average molecular weight is 413 g/mol. The largest absolute Gasteiger partial charge is 0.507 e. The summed E-state index contributed by atoms with van der Waals surface area (Å²) in [5.41, 5.74) is 2.30. The Kier molecular flexibility index (Phi) is 7.53. The van der Waals surface area contributed by atoms with E-state index in [-0.39, 0.29) is 16.7 Å². The molecule has 0 spiro atoms. The van der Waals surface area contributed by atoms with Crippen LogP contribution in [0.5, 0.6) is 5.75 Å². The first-order chi connectivity index (χ1) is 13.5. The highest BCUT2D eigenvalue weighted by molar-refractivity contribution is 7.99. The number of hydrogen-bond donors (Lipinski definition) is 2. The van der Waals surface area contributed by atoms with Gasteiger partial charge in [0.05, 0.1) is 0 Å². The van der Waals surface area contributed by atoms with Gasteiger partial charge in [0, 0.05) is 46.8 Å². The first kappa shape index (κ1) is 23.0. The summed E-state index contributed by atoms with van der Waals surface area (Å²) in [4.78, 5) is 17.3. The van der Waals surface area contributed by atoms with Crippen LogP contribution >= 0.6 is 11.8 Å². The molecule has 1 amide bonds. The van der Waals surface area contributed by atoms with E-state index in [4.69, 9.17) is 0 Å². The Balaban J connectivity index is 2.05. The molecule has 156 valence electrons. The fourth-order valence-corrected chi connectivity index (χ4v) is 3.66. The van der Waals surface area contributed by atoms with E-state index in [0.717, 1.165) is 27.3 Å². The first-order valence-corrected chi connectivity index (χ1v) is 10.8. The highest BCUT2D eigenvalue weighted by Gasteiger charge is 2.26. The average Bonchev–Trinajstić information content (AvgIpc) is 2.63. The standard InChI is InChI=1S/C24H32N2O2S/c1-23(2,3)19-15-17(16-20(22(19)28)24(4,5)6)7-8-21(27)26-13-14-29-18-9-11-25-12-10-18/h7-12,15-16,28H,13-14H2,1-6H3,(H,26,27)/b8-7+. The monoisotopic (exact) mass is 412 g/mol. The zero-order valence-electron chi connectivity index (χ0n) is 18.2. The Hall–Kier alpha value is -2.27. The van der Waals surface area contributed by atoms with Crippen molar-refractivity contribution in [1.29, 1.82) is 0 Å². The summed E-state index contributed by atoms with van der Waals surface area (Å²) >= 11 is 1.68. The fourth-order valence-electron chi connectivity index (χ4n) is 2.90. The second-order valence-corrected chi connectivity index (χ2v) is 10.3. The second-order valence-electron chi connectivity index (χ2n) is 9.12. The minimum Gasteiger partial charge on any atom is -0.507 e. The highest BCUT2D eigenvalue weighted by atomic mass is 32.2. The number of hydrogen-bond acceptors (Lipinski definition) is 4. The number of benzene rings is 1. The van der Waals surface area contributed by atoms with Crippen LogP contribution in [0.2, 0.25) is 0 Å². The van der Waals surface area contributed by atoms with Crippen LogP contribution in [0.4, 0.5) is 0 Å². The van der Waals surface area contributed by atoms with Crippen LogP contribution < -0.4 is 5.32 Å². The fraction of sp³-hybridized carbons (Fsp3) is 0.417. The van der Waals surface area contributed by atoms with Gasteiger partial charge >= 0.3 is 0 Å². The normalized spacial score (nSPS) is 12.3.